The molecule has 1 aromatic carbocycles. The molecule has 1 unspecified atom stereocenters. The fourth-order valence-electron chi connectivity index (χ4n) is 4.30. The summed E-state index contributed by atoms with van der Waals surface area (Å²) in [4.78, 5) is 20.9. The Kier molecular flexibility index (Phi) is 11.3. The van der Waals surface area contributed by atoms with Gasteiger partial charge in [-0.1, -0.05) is 29.8 Å². The second kappa shape index (κ2) is 13.4. The van der Waals surface area contributed by atoms with Gasteiger partial charge in [-0.15, -0.1) is 24.0 Å². The van der Waals surface area contributed by atoms with Crippen molar-refractivity contribution in [3.8, 4) is 0 Å². The number of nitrogens with zero attached hydrogens (tertiary/aromatic N) is 3. The monoisotopic (exact) mass is 563 g/mol. The highest BCUT2D eigenvalue weighted by molar-refractivity contribution is 14.0. The van der Waals surface area contributed by atoms with Gasteiger partial charge in [-0.05, 0) is 30.4 Å². The molecule has 0 aliphatic carbocycles. The van der Waals surface area contributed by atoms with Crippen LogP contribution in [0.4, 0.5) is 0 Å². The van der Waals surface area contributed by atoms with Gasteiger partial charge < -0.3 is 20.3 Å². The van der Waals surface area contributed by atoms with E-state index in [2.05, 4.69) is 31.5 Å². The number of carbonyl (C=O) groups is 1. The van der Waals surface area contributed by atoms with Crippen LogP contribution in [0.5, 0.6) is 0 Å². The zero-order valence-corrected chi connectivity index (χ0v) is 21.6. The van der Waals surface area contributed by atoms with E-state index in [0.29, 0.717) is 12.3 Å². The SMILES string of the molecule is CN=C(NCC(c1ccccc1Cl)N1CCOCC1)N1CCC(CC(=O)NC)CC1.I. The third-order valence-electron chi connectivity index (χ3n) is 6.08. The lowest BCUT2D eigenvalue weighted by Gasteiger charge is -2.37. The van der Waals surface area contributed by atoms with Crippen LogP contribution < -0.4 is 10.6 Å². The molecule has 1 amide bonds. The number of benzene rings is 1. The van der Waals surface area contributed by atoms with Crippen molar-refractivity contribution in [3.63, 3.8) is 0 Å². The summed E-state index contributed by atoms with van der Waals surface area (Å²) in [5.74, 6) is 1.49. The minimum absolute atomic E-state index is 0. The summed E-state index contributed by atoms with van der Waals surface area (Å²) in [5, 5.41) is 7.11. The summed E-state index contributed by atoms with van der Waals surface area (Å²) in [6.07, 6.45) is 2.62. The first-order valence-electron chi connectivity index (χ1n) is 10.8. The molecule has 3 rings (SSSR count). The minimum Gasteiger partial charge on any atom is -0.379 e. The van der Waals surface area contributed by atoms with Gasteiger partial charge >= 0.3 is 0 Å². The van der Waals surface area contributed by atoms with Crippen molar-refractivity contribution < 1.29 is 9.53 Å². The Morgan fingerprint density at radius 2 is 1.90 bits per heavy atom. The lowest BCUT2D eigenvalue weighted by atomic mass is 9.93. The van der Waals surface area contributed by atoms with Crippen molar-refractivity contribution in [3.05, 3.63) is 34.9 Å². The number of hydrogen-bond donors (Lipinski definition) is 2. The van der Waals surface area contributed by atoms with Crippen LogP contribution >= 0.6 is 35.6 Å². The highest BCUT2D eigenvalue weighted by Gasteiger charge is 2.27. The summed E-state index contributed by atoms with van der Waals surface area (Å²) in [5.41, 5.74) is 1.13. The molecule has 2 heterocycles. The summed E-state index contributed by atoms with van der Waals surface area (Å²) in [6, 6.07) is 8.23. The topological polar surface area (TPSA) is 69.2 Å². The molecule has 0 spiro atoms. The molecule has 31 heavy (non-hydrogen) atoms. The fourth-order valence-corrected chi connectivity index (χ4v) is 4.57. The van der Waals surface area contributed by atoms with Gasteiger partial charge in [0.2, 0.25) is 5.91 Å². The number of carbonyl (C=O) groups excluding carboxylic acids is 1. The Hall–Kier alpha value is -1.10. The molecule has 174 valence electrons. The molecule has 1 aromatic rings. The number of morpholine rings is 1. The van der Waals surface area contributed by atoms with Crippen LogP contribution in [0.1, 0.15) is 30.9 Å². The Labute approximate surface area is 207 Å². The first-order valence-corrected chi connectivity index (χ1v) is 11.2. The van der Waals surface area contributed by atoms with Crippen LogP contribution in [0.3, 0.4) is 0 Å². The lowest BCUT2D eigenvalue weighted by molar-refractivity contribution is -0.121. The number of aliphatic imine (C=N–C) groups is 1. The number of rotatable bonds is 6. The molecule has 0 aromatic heterocycles. The summed E-state index contributed by atoms with van der Waals surface area (Å²) in [6.45, 7) is 5.82. The second-order valence-electron chi connectivity index (χ2n) is 7.92. The molecule has 2 saturated heterocycles. The van der Waals surface area contributed by atoms with Crippen LogP contribution in [0.15, 0.2) is 29.3 Å². The molecule has 1 atom stereocenters. The van der Waals surface area contributed by atoms with E-state index in [-0.39, 0.29) is 35.9 Å². The molecule has 2 aliphatic heterocycles. The number of likely N-dealkylation sites (tertiary alicyclic amines) is 1. The number of piperidine rings is 1. The largest absolute Gasteiger partial charge is 0.379 e. The van der Waals surface area contributed by atoms with Gasteiger partial charge in [0.1, 0.15) is 0 Å². The lowest BCUT2D eigenvalue weighted by Crippen LogP contribution is -2.49. The van der Waals surface area contributed by atoms with Crippen molar-refractivity contribution >= 4 is 47.4 Å². The predicted octanol–water partition coefficient (Wildman–Crippen LogP) is 2.75. The van der Waals surface area contributed by atoms with Gasteiger partial charge in [0, 0.05) is 58.3 Å². The Balaban J connectivity index is 0.00000341. The maximum absolute atomic E-state index is 11.7. The minimum atomic E-state index is 0. The van der Waals surface area contributed by atoms with Gasteiger partial charge in [-0.3, -0.25) is 14.7 Å². The predicted molar refractivity (Wildman–Crippen MR) is 136 cm³/mol. The molecule has 0 saturated carbocycles. The van der Waals surface area contributed by atoms with Gasteiger partial charge in [0.15, 0.2) is 5.96 Å². The molecule has 2 aliphatic rings. The highest BCUT2D eigenvalue weighted by Crippen LogP contribution is 2.28. The van der Waals surface area contributed by atoms with Gasteiger partial charge in [0.05, 0.1) is 19.3 Å². The van der Waals surface area contributed by atoms with Gasteiger partial charge in [-0.25, -0.2) is 0 Å². The van der Waals surface area contributed by atoms with E-state index in [1.165, 1.54) is 0 Å². The first kappa shape index (κ1) is 26.2. The third-order valence-corrected chi connectivity index (χ3v) is 6.43. The van der Waals surface area contributed by atoms with E-state index in [9.17, 15) is 4.79 Å². The van der Waals surface area contributed by atoms with Crippen molar-refractivity contribution in [2.45, 2.75) is 25.3 Å². The maximum atomic E-state index is 11.7. The maximum Gasteiger partial charge on any atom is 0.220 e. The standard InChI is InChI=1S/C22H34ClN5O2.HI/c1-24-21(29)15-17-7-9-28(10-8-17)22(25-2)26-16-20(27-11-13-30-14-12-27)18-5-3-4-6-19(18)23;/h3-6,17,20H,7-16H2,1-2H3,(H,24,29)(H,25,26);1H. The molecule has 9 heteroatoms. The number of amides is 1. The third kappa shape index (κ3) is 7.47. The smallest absolute Gasteiger partial charge is 0.220 e. The molecular weight excluding hydrogens is 529 g/mol. The summed E-state index contributed by atoms with van der Waals surface area (Å²) >= 11 is 6.55. The number of ether oxygens (including phenoxy) is 1. The van der Waals surface area contributed by atoms with E-state index in [1.54, 1.807) is 7.05 Å². The normalized spacial score (nSPS) is 19.5. The van der Waals surface area contributed by atoms with Crippen molar-refractivity contribution in [2.24, 2.45) is 10.9 Å². The van der Waals surface area contributed by atoms with Crippen molar-refractivity contribution in [1.29, 1.82) is 0 Å². The summed E-state index contributed by atoms with van der Waals surface area (Å²) < 4.78 is 5.55. The van der Waals surface area contributed by atoms with Crippen molar-refractivity contribution in [1.82, 2.24) is 20.4 Å². The van der Waals surface area contributed by atoms with E-state index in [4.69, 9.17) is 16.3 Å². The van der Waals surface area contributed by atoms with Crippen LogP contribution in [-0.4, -0.2) is 81.7 Å². The second-order valence-corrected chi connectivity index (χ2v) is 8.33. The number of nitrogens with one attached hydrogen (secondary N) is 2. The quantitative estimate of drug-likeness (QED) is 0.317. The molecule has 0 radical (unpaired) electrons. The first-order chi connectivity index (χ1) is 14.6. The molecule has 2 fully saturated rings. The van der Waals surface area contributed by atoms with Crippen LogP contribution in [0, 0.1) is 5.92 Å². The number of halogens is 2. The average molecular weight is 564 g/mol. The van der Waals surface area contributed by atoms with E-state index in [0.717, 1.165) is 75.3 Å². The zero-order chi connectivity index (χ0) is 21.3. The molecule has 0 bridgehead atoms. The van der Waals surface area contributed by atoms with Crippen LogP contribution in [0.25, 0.3) is 0 Å². The molecule has 7 nitrogen and oxygen atoms in total. The van der Waals surface area contributed by atoms with Gasteiger partial charge in [-0.2, -0.15) is 0 Å². The van der Waals surface area contributed by atoms with Gasteiger partial charge in [0.25, 0.3) is 0 Å². The molecular formula is C22H35ClIN5O2. The van der Waals surface area contributed by atoms with E-state index >= 15 is 0 Å². The van der Waals surface area contributed by atoms with E-state index < -0.39 is 0 Å². The van der Waals surface area contributed by atoms with Crippen LogP contribution in [-0.2, 0) is 9.53 Å². The van der Waals surface area contributed by atoms with Crippen LogP contribution in [0.2, 0.25) is 5.02 Å². The Bertz CT molecular complexity index is 722. The zero-order valence-electron chi connectivity index (χ0n) is 18.5. The highest BCUT2D eigenvalue weighted by atomic mass is 127. The molecule has 2 N–H and O–H groups in total. The Morgan fingerprint density at radius 3 is 2.52 bits per heavy atom. The number of guanidine groups is 1. The average Bonchev–Trinajstić information content (AvgIpc) is 2.79. The fraction of sp³-hybridized carbons (Fsp3) is 0.636. The van der Waals surface area contributed by atoms with E-state index in [1.807, 2.05) is 25.2 Å². The Morgan fingerprint density at radius 1 is 1.23 bits per heavy atom. The number of hydrogen-bond acceptors (Lipinski definition) is 4. The van der Waals surface area contributed by atoms with Crippen molar-refractivity contribution in [2.75, 3.05) is 60.0 Å². The summed E-state index contributed by atoms with van der Waals surface area (Å²) in [7, 11) is 3.53.